The third-order valence-corrected chi connectivity index (χ3v) is 5.58. The van der Waals surface area contributed by atoms with E-state index in [9.17, 15) is 14.9 Å². The number of carbonyl (C=O) groups is 1. The molecule has 138 valence electrons. The van der Waals surface area contributed by atoms with E-state index in [2.05, 4.69) is 0 Å². The number of hydrogen-bond donors (Lipinski definition) is 0. The summed E-state index contributed by atoms with van der Waals surface area (Å²) in [4.78, 5) is 24.0. The molecule has 1 aromatic heterocycles. The smallest absolute Gasteiger partial charge is 0.306 e. The highest BCUT2D eigenvalue weighted by Gasteiger charge is 2.48. The number of methoxy groups -OCH3 is 1. The van der Waals surface area contributed by atoms with Gasteiger partial charge in [0.15, 0.2) is 0 Å². The Kier molecular flexibility index (Phi) is 4.18. The molecule has 0 aliphatic heterocycles. The Morgan fingerprint density at radius 3 is 2.56 bits per heavy atom. The molecule has 27 heavy (non-hydrogen) atoms. The molecule has 0 bridgehead atoms. The van der Waals surface area contributed by atoms with Crippen LogP contribution in [0.1, 0.15) is 34.9 Å². The van der Waals surface area contributed by atoms with Gasteiger partial charge in [0.05, 0.1) is 25.4 Å². The molecule has 0 amide bonds. The van der Waals surface area contributed by atoms with Crippen LogP contribution in [-0.4, -0.2) is 28.6 Å². The molecule has 0 N–H and O–H groups in total. The summed E-state index contributed by atoms with van der Waals surface area (Å²) < 4.78 is 6.85. The molecule has 0 saturated carbocycles. The summed E-state index contributed by atoms with van der Waals surface area (Å²) in [5.74, 6) is -1.40. The Morgan fingerprint density at radius 2 is 1.89 bits per heavy atom. The predicted molar refractivity (Wildman–Crippen MR) is 101 cm³/mol. The lowest BCUT2D eigenvalue weighted by Gasteiger charge is -2.32. The highest BCUT2D eigenvalue weighted by Crippen LogP contribution is 2.48. The first-order valence-electron chi connectivity index (χ1n) is 8.86. The van der Waals surface area contributed by atoms with Crippen molar-refractivity contribution in [3.8, 4) is 0 Å². The van der Waals surface area contributed by atoms with E-state index in [1.807, 2.05) is 66.3 Å². The van der Waals surface area contributed by atoms with E-state index in [1.165, 1.54) is 7.11 Å². The Hall–Kier alpha value is -3.15. The summed E-state index contributed by atoms with van der Waals surface area (Å²) in [7, 11) is 3.26. The molecule has 0 saturated heterocycles. The van der Waals surface area contributed by atoms with Crippen molar-refractivity contribution in [2.75, 3.05) is 7.11 Å². The molecule has 0 spiro atoms. The SMILES string of the molecule is COC(=O)C[C@H]1c2cccc3c2c(cn3C)[C@@H](c2ccccc2)[C@@H]1[N+](=O)[O-]. The number of ether oxygens (including phenoxy) is 1. The van der Waals surface area contributed by atoms with Crippen LogP contribution >= 0.6 is 0 Å². The third-order valence-electron chi connectivity index (χ3n) is 5.58. The van der Waals surface area contributed by atoms with E-state index in [4.69, 9.17) is 4.74 Å². The van der Waals surface area contributed by atoms with E-state index in [0.717, 1.165) is 27.6 Å². The standard InChI is InChI=1S/C21H20N2O4/c1-22-12-16-19(13-7-4-3-5-8-13)21(23(25)26)15(11-18(24)27-2)14-9-6-10-17(22)20(14)16/h3-10,12,15,19,21H,11H2,1-2H3/t15-,19+,21+/m0/s1. The Labute approximate surface area is 156 Å². The lowest BCUT2D eigenvalue weighted by molar-refractivity contribution is -0.529. The topological polar surface area (TPSA) is 74.4 Å². The van der Waals surface area contributed by atoms with Gasteiger partial charge in [-0.15, -0.1) is 0 Å². The van der Waals surface area contributed by atoms with Crippen LogP contribution in [0.15, 0.2) is 54.7 Å². The lowest BCUT2D eigenvalue weighted by Crippen LogP contribution is -2.38. The minimum Gasteiger partial charge on any atom is -0.469 e. The number of hydrogen-bond acceptors (Lipinski definition) is 4. The average Bonchev–Trinajstić information content (AvgIpc) is 3.01. The molecule has 6 nitrogen and oxygen atoms in total. The quantitative estimate of drug-likeness (QED) is 0.403. The van der Waals surface area contributed by atoms with Crippen LogP contribution in [0.4, 0.5) is 0 Å². The Morgan fingerprint density at radius 1 is 1.15 bits per heavy atom. The van der Waals surface area contributed by atoms with Gasteiger partial charge in [0.25, 0.3) is 0 Å². The number of aromatic nitrogens is 1. The minimum atomic E-state index is -0.938. The van der Waals surface area contributed by atoms with E-state index < -0.39 is 23.8 Å². The number of esters is 1. The molecule has 0 unspecified atom stereocenters. The zero-order chi connectivity index (χ0) is 19.1. The number of rotatable bonds is 4. The first kappa shape index (κ1) is 17.3. The normalized spacial score (nSPS) is 21.2. The molecule has 1 aliphatic carbocycles. The number of benzene rings is 2. The van der Waals surface area contributed by atoms with Gasteiger partial charge in [-0.2, -0.15) is 0 Å². The summed E-state index contributed by atoms with van der Waals surface area (Å²) in [5, 5.41) is 13.2. The van der Waals surface area contributed by atoms with Crippen molar-refractivity contribution < 1.29 is 14.5 Å². The fourth-order valence-corrected chi connectivity index (χ4v) is 4.45. The summed E-state index contributed by atoms with van der Waals surface area (Å²) >= 11 is 0. The molecule has 0 radical (unpaired) electrons. The largest absolute Gasteiger partial charge is 0.469 e. The molecule has 3 aromatic rings. The predicted octanol–water partition coefficient (Wildman–Crippen LogP) is 3.62. The summed E-state index contributed by atoms with van der Waals surface area (Å²) in [6, 6.07) is 14.4. The van der Waals surface area contributed by atoms with Crippen LogP contribution in [0.3, 0.4) is 0 Å². The van der Waals surface area contributed by atoms with E-state index in [-0.39, 0.29) is 11.3 Å². The first-order valence-corrected chi connectivity index (χ1v) is 8.86. The van der Waals surface area contributed by atoms with Gasteiger partial charge in [0.1, 0.15) is 0 Å². The monoisotopic (exact) mass is 364 g/mol. The van der Waals surface area contributed by atoms with Gasteiger partial charge in [0, 0.05) is 29.1 Å². The highest BCUT2D eigenvalue weighted by molar-refractivity contribution is 5.91. The second-order valence-corrected chi connectivity index (χ2v) is 6.99. The average molecular weight is 364 g/mol. The maximum atomic E-state index is 12.2. The van der Waals surface area contributed by atoms with Crippen LogP contribution in [0.2, 0.25) is 0 Å². The summed E-state index contributed by atoms with van der Waals surface area (Å²) in [6.07, 6.45) is 1.97. The fraction of sp³-hybridized carbons (Fsp3) is 0.286. The van der Waals surface area contributed by atoms with Crippen LogP contribution in [0.5, 0.6) is 0 Å². The van der Waals surface area contributed by atoms with Gasteiger partial charge in [-0.25, -0.2) is 0 Å². The van der Waals surface area contributed by atoms with Crippen molar-refractivity contribution in [3.05, 3.63) is 81.5 Å². The van der Waals surface area contributed by atoms with Crippen LogP contribution < -0.4 is 0 Å². The number of carbonyl (C=O) groups excluding carboxylic acids is 1. The van der Waals surface area contributed by atoms with Crippen LogP contribution in [0.25, 0.3) is 10.9 Å². The number of aryl methyl sites for hydroxylation is 1. The minimum absolute atomic E-state index is 0.0150. The molecular formula is C21H20N2O4. The molecule has 1 aliphatic rings. The van der Waals surface area contributed by atoms with Crippen LogP contribution in [-0.2, 0) is 16.6 Å². The molecule has 0 fully saturated rings. The van der Waals surface area contributed by atoms with Crippen molar-refractivity contribution in [2.45, 2.75) is 24.3 Å². The van der Waals surface area contributed by atoms with Crippen molar-refractivity contribution in [3.63, 3.8) is 0 Å². The highest BCUT2D eigenvalue weighted by atomic mass is 16.6. The zero-order valence-corrected chi connectivity index (χ0v) is 15.2. The second kappa shape index (κ2) is 6.54. The number of nitro groups is 1. The van der Waals surface area contributed by atoms with Crippen molar-refractivity contribution in [2.24, 2.45) is 7.05 Å². The third kappa shape index (κ3) is 2.68. The maximum Gasteiger partial charge on any atom is 0.306 e. The van der Waals surface area contributed by atoms with Gasteiger partial charge >= 0.3 is 5.97 Å². The summed E-state index contributed by atoms with van der Waals surface area (Å²) in [6.45, 7) is 0. The Balaban J connectivity index is 2.02. The molecule has 1 heterocycles. The molecule has 2 aromatic carbocycles. The van der Waals surface area contributed by atoms with Crippen molar-refractivity contribution >= 4 is 16.9 Å². The van der Waals surface area contributed by atoms with E-state index in [0.29, 0.717) is 0 Å². The molecular weight excluding hydrogens is 344 g/mol. The van der Waals surface area contributed by atoms with Gasteiger partial charge in [0.2, 0.25) is 6.04 Å². The van der Waals surface area contributed by atoms with Crippen LogP contribution in [0, 0.1) is 10.1 Å². The second-order valence-electron chi connectivity index (χ2n) is 6.99. The van der Waals surface area contributed by atoms with Gasteiger partial charge in [-0.3, -0.25) is 14.9 Å². The van der Waals surface area contributed by atoms with Crippen molar-refractivity contribution in [1.82, 2.24) is 4.57 Å². The Bertz CT molecular complexity index is 1030. The van der Waals surface area contributed by atoms with E-state index >= 15 is 0 Å². The number of nitrogens with zero attached hydrogens (tertiary/aromatic N) is 2. The fourth-order valence-electron chi connectivity index (χ4n) is 4.45. The van der Waals surface area contributed by atoms with Gasteiger partial charge in [-0.05, 0) is 22.8 Å². The van der Waals surface area contributed by atoms with Gasteiger partial charge in [-0.1, -0.05) is 42.5 Å². The first-order chi connectivity index (χ1) is 13.0. The molecule has 6 heteroatoms. The van der Waals surface area contributed by atoms with Gasteiger partial charge < -0.3 is 9.30 Å². The maximum absolute atomic E-state index is 12.2. The lowest BCUT2D eigenvalue weighted by atomic mass is 9.70. The van der Waals surface area contributed by atoms with Crippen molar-refractivity contribution in [1.29, 1.82) is 0 Å². The summed E-state index contributed by atoms with van der Waals surface area (Å²) in [5.41, 5.74) is 3.69. The molecule has 4 rings (SSSR count). The zero-order valence-electron chi connectivity index (χ0n) is 15.2. The van der Waals surface area contributed by atoms with E-state index in [1.54, 1.807) is 0 Å². The molecule has 3 atom stereocenters.